The van der Waals surface area contributed by atoms with Crippen molar-refractivity contribution in [3.05, 3.63) is 60.2 Å². The van der Waals surface area contributed by atoms with Crippen LogP contribution >= 0.6 is 11.3 Å². The van der Waals surface area contributed by atoms with Crippen LogP contribution in [-0.2, 0) is 14.8 Å². The van der Waals surface area contributed by atoms with Gasteiger partial charge in [0, 0.05) is 13.1 Å². The second-order valence-corrected chi connectivity index (χ2v) is 10.7. The minimum atomic E-state index is -3.62. The molecular formula is C24H23N3O5S2. The van der Waals surface area contributed by atoms with Crippen molar-refractivity contribution in [2.75, 3.05) is 38.2 Å². The summed E-state index contributed by atoms with van der Waals surface area (Å²) in [6, 6.07) is 16.2. The summed E-state index contributed by atoms with van der Waals surface area (Å²) >= 11 is 1.23. The Hall–Kier alpha value is -3.05. The first-order valence-corrected chi connectivity index (χ1v) is 13.2. The molecule has 1 N–H and O–H groups in total. The summed E-state index contributed by atoms with van der Waals surface area (Å²) in [6.07, 6.45) is 0. The van der Waals surface area contributed by atoms with Crippen LogP contribution in [0.3, 0.4) is 0 Å². The van der Waals surface area contributed by atoms with Crippen LogP contribution in [0, 0.1) is 0 Å². The molecule has 2 heterocycles. The van der Waals surface area contributed by atoms with Crippen molar-refractivity contribution in [3.8, 4) is 5.75 Å². The van der Waals surface area contributed by atoms with E-state index >= 15 is 0 Å². The predicted octanol–water partition coefficient (Wildman–Crippen LogP) is 4.12. The van der Waals surface area contributed by atoms with Gasteiger partial charge >= 0.3 is 0 Å². The van der Waals surface area contributed by atoms with Gasteiger partial charge in [-0.2, -0.15) is 4.31 Å². The van der Waals surface area contributed by atoms with Crippen LogP contribution in [0.2, 0.25) is 0 Å². The Morgan fingerprint density at radius 2 is 1.94 bits per heavy atom. The monoisotopic (exact) mass is 497 g/mol. The van der Waals surface area contributed by atoms with E-state index < -0.39 is 10.0 Å². The molecule has 10 heteroatoms. The van der Waals surface area contributed by atoms with E-state index in [1.54, 1.807) is 24.3 Å². The zero-order valence-electron chi connectivity index (χ0n) is 18.5. The van der Waals surface area contributed by atoms with E-state index in [1.807, 2.05) is 37.3 Å². The molecule has 0 atom stereocenters. The van der Waals surface area contributed by atoms with E-state index in [2.05, 4.69) is 10.3 Å². The summed E-state index contributed by atoms with van der Waals surface area (Å²) in [7, 11) is -3.62. The van der Waals surface area contributed by atoms with Crippen molar-refractivity contribution in [2.45, 2.75) is 11.8 Å². The van der Waals surface area contributed by atoms with E-state index in [0.717, 1.165) is 10.8 Å². The van der Waals surface area contributed by atoms with Crippen LogP contribution in [0.25, 0.3) is 21.0 Å². The molecule has 1 aliphatic heterocycles. The number of thiazole rings is 1. The van der Waals surface area contributed by atoms with Crippen LogP contribution in [0.5, 0.6) is 5.75 Å². The van der Waals surface area contributed by atoms with Gasteiger partial charge in [-0.15, -0.1) is 0 Å². The average molecular weight is 498 g/mol. The minimum Gasteiger partial charge on any atom is -0.493 e. The number of amides is 1. The van der Waals surface area contributed by atoms with Crippen LogP contribution in [0.4, 0.5) is 5.13 Å². The van der Waals surface area contributed by atoms with Crippen molar-refractivity contribution in [3.63, 3.8) is 0 Å². The molecule has 176 valence electrons. The molecule has 5 rings (SSSR count). The number of carbonyl (C=O) groups excluding carboxylic acids is 1. The third kappa shape index (κ3) is 4.25. The van der Waals surface area contributed by atoms with Crippen molar-refractivity contribution in [1.82, 2.24) is 9.29 Å². The van der Waals surface area contributed by atoms with Gasteiger partial charge in [0.05, 0.1) is 40.5 Å². The molecule has 1 aromatic heterocycles. The number of aromatic nitrogens is 1. The summed E-state index contributed by atoms with van der Waals surface area (Å²) in [5.74, 6) is 0.166. The summed E-state index contributed by atoms with van der Waals surface area (Å²) < 4.78 is 39.1. The smallest absolute Gasteiger partial charge is 0.261 e. The Bertz CT molecular complexity index is 1480. The molecule has 0 bridgehead atoms. The number of ether oxygens (including phenoxy) is 2. The lowest BCUT2D eigenvalue weighted by Crippen LogP contribution is -2.40. The summed E-state index contributed by atoms with van der Waals surface area (Å²) in [6.45, 7) is 3.73. The first kappa shape index (κ1) is 22.7. The zero-order chi connectivity index (χ0) is 23.7. The maximum Gasteiger partial charge on any atom is 0.261 e. The van der Waals surface area contributed by atoms with Crippen molar-refractivity contribution < 1.29 is 22.7 Å². The van der Waals surface area contributed by atoms with Gasteiger partial charge in [0.2, 0.25) is 10.0 Å². The molecule has 4 aromatic rings. The molecular weight excluding hydrogens is 474 g/mol. The SMILES string of the molecule is CCOc1ccc2ccccc2c1C(=O)Nc1nc2ccc(S(=O)(=O)N3CCOCC3)cc2s1. The standard InChI is InChI=1S/C24H23N3O5S2/c1-2-32-20-10-7-16-5-3-4-6-18(16)22(20)23(28)26-24-25-19-9-8-17(15-21(19)33-24)34(29,30)27-11-13-31-14-12-27/h3-10,15H,2,11-14H2,1H3,(H,25,26,28). The van der Waals surface area contributed by atoms with Crippen molar-refractivity contribution in [2.24, 2.45) is 0 Å². The molecule has 1 aliphatic rings. The third-order valence-electron chi connectivity index (χ3n) is 5.61. The zero-order valence-corrected chi connectivity index (χ0v) is 20.1. The number of hydrogen-bond acceptors (Lipinski definition) is 7. The maximum absolute atomic E-state index is 13.3. The quantitative estimate of drug-likeness (QED) is 0.430. The molecule has 8 nitrogen and oxygen atoms in total. The third-order valence-corrected chi connectivity index (χ3v) is 8.43. The van der Waals surface area contributed by atoms with E-state index in [0.29, 0.717) is 59.6 Å². The Kier molecular flexibility index (Phi) is 6.22. The van der Waals surface area contributed by atoms with E-state index in [-0.39, 0.29) is 10.8 Å². The van der Waals surface area contributed by atoms with E-state index in [4.69, 9.17) is 9.47 Å². The number of hydrogen-bond donors (Lipinski definition) is 1. The highest BCUT2D eigenvalue weighted by Gasteiger charge is 2.27. The lowest BCUT2D eigenvalue weighted by atomic mass is 10.0. The first-order chi connectivity index (χ1) is 16.5. The van der Waals surface area contributed by atoms with Gasteiger partial charge < -0.3 is 9.47 Å². The molecule has 0 saturated carbocycles. The molecule has 1 amide bonds. The van der Waals surface area contributed by atoms with Gasteiger partial charge in [0.15, 0.2) is 5.13 Å². The van der Waals surface area contributed by atoms with Crippen molar-refractivity contribution in [1.29, 1.82) is 0 Å². The minimum absolute atomic E-state index is 0.205. The summed E-state index contributed by atoms with van der Waals surface area (Å²) in [5, 5.41) is 4.97. The van der Waals surface area contributed by atoms with Crippen LogP contribution in [0.15, 0.2) is 59.5 Å². The summed E-state index contributed by atoms with van der Waals surface area (Å²) in [4.78, 5) is 18.0. The lowest BCUT2D eigenvalue weighted by Gasteiger charge is -2.25. The molecule has 0 aliphatic carbocycles. The highest BCUT2D eigenvalue weighted by molar-refractivity contribution is 7.89. The number of anilines is 1. The number of carbonyl (C=O) groups is 1. The molecule has 0 unspecified atom stereocenters. The average Bonchev–Trinajstić information content (AvgIpc) is 3.26. The largest absolute Gasteiger partial charge is 0.493 e. The number of rotatable bonds is 6. The van der Waals surface area contributed by atoms with Gasteiger partial charge in [-0.1, -0.05) is 41.7 Å². The normalized spacial score (nSPS) is 15.0. The van der Waals surface area contributed by atoms with Crippen LogP contribution < -0.4 is 10.1 Å². The fourth-order valence-electron chi connectivity index (χ4n) is 3.98. The number of fused-ring (bicyclic) bond motifs is 2. The topological polar surface area (TPSA) is 97.8 Å². The van der Waals surface area contributed by atoms with E-state index in [1.165, 1.54) is 15.6 Å². The predicted molar refractivity (Wildman–Crippen MR) is 132 cm³/mol. The van der Waals surface area contributed by atoms with Gasteiger partial charge in [-0.3, -0.25) is 10.1 Å². The Balaban J connectivity index is 1.46. The fourth-order valence-corrected chi connectivity index (χ4v) is 6.39. The fraction of sp³-hybridized carbons (Fsp3) is 0.250. The first-order valence-electron chi connectivity index (χ1n) is 10.9. The highest BCUT2D eigenvalue weighted by atomic mass is 32.2. The second kappa shape index (κ2) is 9.30. The van der Waals surface area contributed by atoms with Gasteiger partial charge in [0.25, 0.3) is 5.91 Å². The van der Waals surface area contributed by atoms with Gasteiger partial charge in [0.1, 0.15) is 5.75 Å². The molecule has 34 heavy (non-hydrogen) atoms. The second-order valence-electron chi connectivity index (χ2n) is 7.71. The van der Waals surface area contributed by atoms with Gasteiger partial charge in [-0.25, -0.2) is 13.4 Å². The number of benzene rings is 3. The number of morpholine rings is 1. The number of nitrogens with one attached hydrogen (secondary N) is 1. The number of nitrogens with zero attached hydrogens (tertiary/aromatic N) is 2. The molecule has 1 fully saturated rings. The van der Waals surface area contributed by atoms with Crippen molar-refractivity contribution >= 4 is 53.4 Å². The Morgan fingerprint density at radius 3 is 2.74 bits per heavy atom. The highest BCUT2D eigenvalue weighted by Crippen LogP contribution is 2.32. The lowest BCUT2D eigenvalue weighted by molar-refractivity contribution is 0.0730. The molecule has 0 radical (unpaired) electrons. The number of sulfonamides is 1. The molecule has 3 aromatic carbocycles. The van der Waals surface area contributed by atoms with Crippen LogP contribution in [-0.4, -0.2) is 56.5 Å². The summed E-state index contributed by atoms with van der Waals surface area (Å²) in [5.41, 5.74) is 1.05. The molecule has 0 spiro atoms. The van der Waals surface area contributed by atoms with Gasteiger partial charge in [-0.05, 0) is 42.0 Å². The van der Waals surface area contributed by atoms with E-state index in [9.17, 15) is 13.2 Å². The Labute approximate surface area is 201 Å². The molecule has 1 saturated heterocycles. The maximum atomic E-state index is 13.3. The van der Waals surface area contributed by atoms with Crippen LogP contribution in [0.1, 0.15) is 17.3 Å². The Morgan fingerprint density at radius 1 is 1.15 bits per heavy atom.